The molecule has 2 aromatic rings. The fourth-order valence-corrected chi connectivity index (χ4v) is 4.18. The first-order chi connectivity index (χ1) is 14.5. The second-order valence-electron chi connectivity index (χ2n) is 8.88. The van der Waals surface area contributed by atoms with E-state index in [1.807, 2.05) is 36.4 Å². The molecule has 0 atom stereocenters. The lowest BCUT2D eigenvalue weighted by molar-refractivity contribution is 0.0954. The molecule has 4 nitrogen and oxygen atoms in total. The van der Waals surface area contributed by atoms with Crippen LogP contribution in [0, 0.1) is 0 Å². The first-order valence-corrected chi connectivity index (χ1v) is 11.0. The molecule has 158 valence electrons. The lowest BCUT2D eigenvalue weighted by Crippen LogP contribution is -2.25. The van der Waals surface area contributed by atoms with Gasteiger partial charge in [-0.25, -0.2) is 0 Å². The Balaban J connectivity index is 1.29. The molecule has 0 radical (unpaired) electrons. The SMILES string of the molecule is CC1(C)Cc2cccc(OCc3ccc(C(=O)NCCC4=CCCCC4)cc3)c2O1. The normalized spacial score (nSPS) is 16.9. The van der Waals surface area contributed by atoms with Gasteiger partial charge in [0.05, 0.1) is 0 Å². The number of hydrogen-bond acceptors (Lipinski definition) is 3. The standard InChI is InChI=1S/C26H31NO3/c1-26(2)17-22-9-6-10-23(24(22)30-26)29-18-20-11-13-21(14-12-20)25(28)27-16-15-19-7-4-3-5-8-19/h6-7,9-14H,3-5,8,15-18H2,1-2H3,(H,27,28). The highest BCUT2D eigenvalue weighted by Crippen LogP contribution is 2.41. The van der Waals surface area contributed by atoms with Crippen LogP contribution >= 0.6 is 0 Å². The predicted octanol–water partition coefficient (Wildman–Crippen LogP) is 5.60. The number of rotatable bonds is 7. The molecule has 1 aliphatic heterocycles. The van der Waals surface area contributed by atoms with Gasteiger partial charge in [-0.05, 0) is 69.7 Å². The number of carbonyl (C=O) groups is 1. The second kappa shape index (κ2) is 8.95. The van der Waals surface area contributed by atoms with Gasteiger partial charge in [0.15, 0.2) is 11.5 Å². The number of allylic oxidation sites excluding steroid dienone is 1. The van der Waals surface area contributed by atoms with Crippen molar-refractivity contribution in [3.63, 3.8) is 0 Å². The first-order valence-electron chi connectivity index (χ1n) is 11.0. The highest BCUT2D eigenvalue weighted by atomic mass is 16.5. The summed E-state index contributed by atoms with van der Waals surface area (Å²) in [6.07, 6.45) is 9.11. The molecular formula is C26H31NO3. The van der Waals surface area contributed by atoms with E-state index in [0.29, 0.717) is 18.7 Å². The summed E-state index contributed by atoms with van der Waals surface area (Å²) in [7, 11) is 0. The van der Waals surface area contributed by atoms with Gasteiger partial charge < -0.3 is 14.8 Å². The van der Waals surface area contributed by atoms with Crippen molar-refractivity contribution in [2.75, 3.05) is 6.54 Å². The van der Waals surface area contributed by atoms with Gasteiger partial charge in [-0.3, -0.25) is 4.79 Å². The summed E-state index contributed by atoms with van der Waals surface area (Å²) in [5, 5.41) is 3.03. The Labute approximate surface area is 179 Å². The van der Waals surface area contributed by atoms with E-state index in [9.17, 15) is 4.79 Å². The van der Waals surface area contributed by atoms with E-state index in [-0.39, 0.29) is 11.5 Å². The molecule has 4 rings (SSSR count). The minimum atomic E-state index is -0.190. The monoisotopic (exact) mass is 405 g/mol. The molecule has 4 heteroatoms. The summed E-state index contributed by atoms with van der Waals surface area (Å²) in [6.45, 7) is 5.32. The van der Waals surface area contributed by atoms with Crippen molar-refractivity contribution in [2.45, 2.75) is 64.6 Å². The summed E-state index contributed by atoms with van der Waals surface area (Å²) in [5.41, 5.74) is 4.18. The third kappa shape index (κ3) is 5.05. The molecule has 30 heavy (non-hydrogen) atoms. The Morgan fingerprint density at radius 2 is 1.97 bits per heavy atom. The number of nitrogens with one attached hydrogen (secondary N) is 1. The molecule has 0 spiro atoms. The topological polar surface area (TPSA) is 47.6 Å². The van der Waals surface area contributed by atoms with E-state index in [1.54, 1.807) is 0 Å². The van der Waals surface area contributed by atoms with Crippen molar-refractivity contribution < 1.29 is 14.3 Å². The number of benzene rings is 2. The summed E-state index contributed by atoms with van der Waals surface area (Å²) < 4.78 is 12.1. The lowest BCUT2D eigenvalue weighted by Gasteiger charge is -2.18. The fourth-order valence-electron chi connectivity index (χ4n) is 4.18. The van der Waals surface area contributed by atoms with Gasteiger partial charge in [-0.1, -0.05) is 35.9 Å². The van der Waals surface area contributed by atoms with E-state index < -0.39 is 0 Å². The average Bonchev–Trinajstić information content (AvgIpc) is 3.07. The van der Waals surface area contributed by atoms with Crippen LogP contribution in [0.15, 0.2) is 54.1 Å². The van der Waals surface area contributed by atoms with Gasteiger partial charge in [-0.2, -0.15) is 0 Å². The second-order valence-corrected chi connectivity index (χ2v) is 8.88. The molecule has 1 N–H and O–H groups in total. The van der Waals surface area contributed by atoms with E-state index >= 15 is 0 Å². The molecule has 2 aliphatic rings. The van der Waals surface area contributed by atoms with Crippen LogP contribution in [0.3, 0.4) is 0 Å². The number of carbonyl (C=O) groups excluding carboxylic acids is 1. The number of hydrogen-bond donors (Lipinski definition) is 1. The van der Waals surface area contributed by atoms with Gasteiger partial charge in [0.1, 0.15) is 12.2 Å². The van der Waals surface area contributed by atoms with Gasteiger partial charge in [0.2, 0.25) is 0 Å². The van der Waals surface area contributed by atoms with Crippen molar-refractivity contribution in [3.05, 3.63) is 70.8 Å². The van der Waals surface area contributed by atoms with Crippen molar-refractivity contribution in [1.82, 2.24) is 5.32 Å². The number of ether oxygens (including phenoxy) is 2. The third-order valence-electron chi connectivity index (χ3n) is 5.78. The van der Waals surface area contributed by atoms with Crippen LogP contribution in [0.1, 0.15) is 67.4 Å². The molecule has 1 amide bonds. The van der Waals surface area contributed by atoms with E-state index in [1.165, 1.54) is 36.8 Å². The minimum Gasteiger partial charge on any atom is -0.485 e. The van der Waals surface area contributed by atoms with Crippen LogP contribution in [0.2, 0.25) is 0 Å². The van der Waals surface area contributed by atoms with Crippen molar-refractivity contribution >= 4 is 5.91 Å². The van der Waals surface area contributed by atoms with Crippen LogP contribution < -0.4 is 14.8 Å². The van der Waals surface area contributed by atoms with Gasteiger partial charge in [0, 0.05) is 24.1 Å². The zero-order valence-electron chi connectivity index (χ0n) is 18.0. The summed E-state index contributed by atoms with van der Waals surface area (Å²) in [6, 6.07) is 13.7. The Hall–Kier alpha value is -2.75. The number of amides is 1. The van der Waals surface area contributed by atoms with Crippen LogP contribution in [-0.4, -0.2) is 18.1 Å². The summed E-state index contributed by atoms with van der Waals surface area (Å²) >= 11 is 0. The highest BCUT2D eigenvalue weighted by Gasteiger charge is 2.32. The molecule has 1 heterocycles. The van der Waals surface area contributed by atoms with Gasteiger partial charge >= 0.3 is 0 Å². The Morgan fingerprint density at radius 3 is 2.73 bits per heavy atom. The first kappa shape index (κ1) is 20.5. The average molecular weight is 406 g/mol. The van der Waals surface area contributed by atoms with Crippen LogP contribution in [0.4, 0.5) is 0 Å². The Morgan fingerprint density at radius 1 is 1.13 bits per heavy atom. The number of fused-ring (bicyclic) bond motifs is 1. The molecular weight excluding hydrogens is 374 g/mol. The zero-order chi connectivity index (χ0) is 21.0. The summed E-state index contributed by atoms with van der Waals surface area (Å²) in [5.74, 6) is 1.61. The van der Waals surface area contributed by atoms with Gasteiger partial charge in [0.25, 0.3) is 5.91 Å². The molecule has 1 aliphatic carbocycles. The van der Waals surface area contributed by atoms with Crippen LogP contribution in [0.5, 0.6) is 11.5 Å². The zero-order valence-corrected chi connectivity index (χ0v) is 18.0. The lowest BCUT2D eigenvalue weighted by atomic mass is 9.97. The molecule has 0 fully saturated rings. The van der Waals surface area contributed by atoms with Gasteiger partial charge in [-0.15, -0.1) is 0 Å². The van der Waals surface area contributed by atoms with Crippen molar-refractivity contribution in [3.8, 4) is 11.5 Å². The van der Waals surface area contributed by atoms with Crippen molar-refractivity contribution in [1.29, 1.82) is 0 Å². The quantitative estimate of drug-likeness (QED) is 0.610. The Bertz CT molecular complexity index is 928. The predicted molar refractivity (Wildman–Crippen MR) is 119 cm³/mol. The molecule has 0 saturated heterocycles. The Kier molecular flexibility index (Phi) is 6.12. The van der Waals surface area contributed by atoms with Crippen molar-refractivity contribution in [2.24, 2.45) is 0 Å². The number of para-hydroxylation sites is 1. The fraction of sp³-hybridized carbons (Fsp3) is 0.423. The molecule has 0 saturated carbocycles. The largest absolute Gasteiger partial charge is 0.485 e. The smallest absolute Gasteiger partial charge is 0.251 e. The molecule has 2 aromatic carbocycles. The maximum absolute atomic E-state index is 12.4. The van der Waals surface area contributed by atoms with E-state index in [2.05, 4.69) is 31.3 Å². The summed E-state index contributed by atoms with van der Waals surface area (Å²) in [4.78, 5) is 12.4. The van der Waals surface area contributed by atoms with E-state index in [4.69, 9.17) is 9.47 Å². The maximum atomic E-state index is 12.4. The van der Waals surface area contributed by atoms with E-state index in [0.717, 1.165) is 29.9 Å². The van der Waals surface area contributed by atoms with Crippen LogP contribution in [0.25, 0.3) is 0 Å². The van der Waals surface area contributed by atoms with Crippen LogP contribution in [-0.2, 0) is 13.0 Å². The molecule has 0 unspecified atom stereocenters. The molecule has 0 bridgehead atoms. The maximum Gasteiger partial charge on any atom is 0.251 e. The minimum absolute atomic E-state index is 0.0182. The molecule has 0 aromatic heterocycles. The highest BCUT2D eigenvalue weighted by molar-refractivity contribution is 5.94. The third-order valence-corrected chi connectivity index (χ3v) is 5.78.